The summed E-state index contributed by atoms with van der Waals surface area (Å²) in [5, 5.41) is 12.5. The average Bonchev–Trinajstić information content (AvgIpc) is 2.93. The molecule has 2 bridgehead atoms. The lowest BCUT2D eigenvalue weighted by molar-refractivity contribution is -0.120. The van der Waals surface area contributed by atoms with Gasteiger partial charge in [0.05, 0.1) is 0 Å². The van der Waals surface area contributed by atoms with E-state index in [1.165, 1.54) is 0 Å². The molecule has 4 rings (SSSR count). The fourth-order valence-corrected chi connectivity index (χ4v) is 5.62. The lowest BCUT2D eigenvalue weighted by Crippen LogP contribution is -2.55. The highest BCUT2D eigenvalue weighted by Crippen LogP contribution is 2.44. The predicted molar refractivity (Wildman–Crippen MR) is 85.2 cm³/mol. The number of piperidine rings is 2. The summed E-state index contributed by atoms with van der Waals surface area (Å²) in [6.07, 6.45) is 6.15. The molecule has 3 unspecified atom stereocenters. The molecule has 128 valence electrons. The van der Waals surface area contributed by atoms with Crippen molar-refractivity contribution in [3.63, 3.8) is 0 Å². The largest absolute Gasteiger partial charge is 0.465 e. The Hall–Kier alpha value is -1.30. The lowest BCUT2D eigenvalue weighted by Gasteiger charge is -2.47. The van der Waals surface area contributed by atoms with Crippen molar-refractivity contribution in [2.75, 3.05) is 13.1 Å². The molecule has 1 spiro atoms. The number of fused-ring (bicyclic) bond motifs is 2. The smallest absolute Gasteiger partial charge is 0.407 e. The van der Waals surface area contributed by atoms with Gasteiger partial charge >= 0.3 is 6.09 Å². The van der Waals surface area contributed by atoms with E-state index in [9.17, 15) is 14.7 Å². The van der Waals surface area contributed by atoms with Crippen LogP contribution < -0.4 is 5.32 Å². The summed E-state index contributed by atoms with van der Waals surface area (Å²) in [5.74, 6) is 0.207. The summed E-state index contributed by atoms with van der Waals surface area (Å²) in [4.78, 5) is 27.4. The van der Waals surface area contributed by atoms with Gasteiger partial charge < -0.3 is 20.2 Å². The number of hydrogen-bond donors (Lipinski definition) is 2. The first-order valence-corrected chi connectivity index (χ1v) is 9.03. The van der Waals surface area contributed by atoms with Crippen LogP contribution >= 0.6 is 0 Å². The Morgan fingerprint density at radius 3 is 2.26 bits per heavy atom. The maximum absolute atomic E-state index is 11.7. The molecule has 4 heterocycles. The van der Waals surface area contributed by atoms with Gasteiger partial charge in [0.25, 0.3) is 0 Å². The minimum absolute atomic E-state index is 0.161. The first-order chi connectivity index (χ1) is 11.0. The number of rotatable bonds is 1. The Labute approximate surface area is 137 Å². The highest BCUT2D eigenvalue weighted by atomic mass is 16.4. The summed E-state index contributed by atoms with van der Waals surface area (Å²) in [6, 6.07) is 1.27. The first kappa shape index (κ1) is 15.2. The Morgan fingerprint density at radius 2 is 1.78 bits per heavy atom. The maximum Gasteiger partial charge on any atom is 0.407 e. The number of carboxylic acid groups (broad SMARTS) is 1. The molecule has 4 aliphatic heterocycles. The number of likely N-dealkylation sites (tertiary alicyclic amines) is 1. The van der Waals surface area contributed by atoms with Crippen LogP contribution in [0.1, 0.15) is 51.9 Å². The summed E-state index contributed by atoms with van der Waals surface area (Å²) in [6.45, 7) is 4.25. The van der Waals surface area contributed by atoms with Gasteiger partial charge in [-0.1, -0.05) is 0 Å². The number of nitrogens with one attached hydrogen (secondary N) is 1. The van der Waals surface area contributed by atoms with E-state index in [1.807, 2.05) is 0 Å². The maximum atomic E-state index is 11.7. The fraction of sp³-hybridized carbons (Fsp3) is 0.882. The molecule has 4 fully saturated rings. The molecule has 2 N–H and O–H groups in total. The summed E-state index contributed by atoms with van der Waals surface area (Å²) in [7, 11) is 0. The van der Waals surface area contributed by atoms with E-state index < -0.39 is 6.09 Å². The van der Waals surface area contributed by atoms with Crippen LogP contribution in [0.5, 0.6) is 0 Å². The van der Waals surface area contributed by atoms with Gasteiger partial charge in [-0.05, 0) is 58.5 Å². The third-order valence-corrected chi connectivity index (χ3v) is 7.05. The molecule has 0 saturated carbocycles. The number of carbonyl (C=O) groups is 2. The number of nitrogens with zero attached hydrogens (tertiary/aromatic N) is 2. The minimum atomic E-state index is -0.738. The van der Waals surface area contributed by atoms with Crippen LogP contribution in [-0.2, 0) is 4.79 Å². The quantitative estimate of drug-likeness (QED) is 0.770. The van der Waals surface area contributed by atoms with E-state index >= 15 is 0 Å². The van der Waals surface area contributed by atoms with Crippen molar-refractivity contribution in [2.45, 2.75) is 76.0 Å². The Kier molecular flexibility index (Phi) is 3.55. The topological polar surface area (TPSA) is 72.9 Å². The van der Waals surface area contributed by atoms with Gasteiger partial charge in [0.2, 0.25) is 5.91 Å². The van der Waals surface area contributed by atoms with Crippen molar-refractivity contribution >= 4 is 12.0 Å². The normalized spacial score (nSPS) is 39.7. The van der Waals surface area contributed by atoms with E-state index in [0.29, 0.717) is 18.5 Å². The van der Waals surface area contributed by atoms with Crippen molar-refractivity contribution in [1.82, 2.24) is 15.1 Å². The zero-order valence-corrected chi connectivity index (χ0v) is 13.8. The second kappa shape index (κ2) is 5.36. The summed E-state index contributed by atoms with van der Waals surface area (Å²) < 4.78 is 0. The fourth-order valence-electron chi connectivity index (χ4n) is 5.62. The predicted octanol–water partition coefficient (Wildman–Crippen LogP) is 1.65. The van der Waals surface area contributed by atoms with E-state index in [2.05, 4.69) is 17.1 Å². The molecule has 0 aromatic rings. The first-order valence-electron chi connectivity index (χ1n) is 9.03. The molecule has 6 heteroatoms. The number of hydrogen-bond acceptors (Lipinski definition) is 3. The molecule has 0 aliphatic carbocycles. The van der Waals surface area contributed by atoms with Crippen LogP contribution in [-0.4, -0.2) is 64.2 Å². The molecule has 3 atom stereocenters. The van der Waals surface area contributed by atoms with Gasteiger partial charge in [-0.25, -0.2) is 4.79 Å². The van der Waals surface area contributed by atoms with Gasteiger partial charge in [0.1, 0.15) is 0 Å². The summed E-state index contributed by atoms with van der Waals surface area (Å²) in [5.41, 5.74) is 0.161. The molecule has 2 amide bonds. The Bertz CT molecular complexity index is 501. The zero-order valence-electron chi connectivity index (χ0n) is 13.8. The van der Waals surface area contributed by atoms with Gasteiger partial charge in [0, 0.05) is 36.0 Å². The molecular weight excluding hydrogens is 294 g/mol. The van der Waals surface area contributed by atoms with E-state index in [-0.39, 0.29) is 23.4 Å². The molecular formula is C17H27N3O3. The molecule has 4 saturated heterocycles. The van der Waals surface area contributed by atoms with Crippen molar-refractivity contribution in [2.24, 2.45) is 5.41 Å². The third kappa shape index (κ3) is 2.42. The van der Waals surface area contributed by atoms with Crippen LogP contribution in [0.25, 0.3) is 0 Å². The lowest BCUT2D eigenvalue weighted by atomic mass is 9.72. The second-order valence-corrected chi connectivity index (χ2v) is 8.06. The average molecular weight is 321 g/mol. The highest BCUT2D eigenvalue weighted by Gasteiger charge is 2.49. The molecule has 23 heavy (non-hydrogen) atoms. The van der Waals surface area contributed by atoms with Crippen LogP contribution in [0.4, 0.5) is 4.79 Å². The van der Waals surface area contributed by atoms with Gasteiger partial charge in [0.15, 0.2) is 0 Å². The molecule has 4 aliphatic rings. The molecule has 0 aromatic carbocycles. The standard InChI is InChI=1S/C17H27N3O3/c1-11-17(10-15(21)18-11)4-6-19(7-5-17)14-8-12-2-3-13(9-14)20(12)16(22)23/h11-14H,2-10H2,1H3,(H,18,21)(H,22,23). The monoisotopic (exact) mass is 321 g/mol. The zero-order chi connectivity index (χ0) is 16.2. The molecule has 6 nitrogen and oxygen atoms in total. The molecule has 0 aromatic heterocycles. The van der Waals surface area contributed by atoms with Gasteiger partial charge in [-0.3, -0.25) is 4.79 Å². The van der Waals surface area contributed by atoms with Crippen LogP contribution in [0.3, 0.4) is 0 Å². The third-order valence-electron chi connectivity index (χ3n) is 7.05. The van der Waals surface area contributed by atoms with Crippen molar-refractivity contribution in [3.8, 4) is 0 Å². The number of amides is 2. The van der Waals surface area contributed by atoms with Crippen molar-refractivity contribution < 1.29 is 14.7 Å². The van der Waals surface area contributed by atoms with Crippen molar-refractivity contribution in [3.05, 3.63) is 0 Å². The van der Waals surface area contributed by atoms with Crippen LogP contribution in [0.15, 0.2) is 0 Å². The summed E-state index contributed by atoms with van der Waals surface area (Å²) >= 11 is 0. The Morgan fingerprint density at radius 1 is 1.17 bits per heavy atom. The van der Waals surface area contributed by atoms with Gasteiger partial charge in [-0.2, -0.15) is 0 Å². The van der Waals surface area contributed by atoms with Crippen LogP contribution in [0.2, 0.25) is 0 Å². The van der Waals surface area contributed by atoms with Crippen molar-refractivity contribution in [1.29, 1.82) is 0 Å². The highest BCUT2D eigenvalue weighted by molar-refractivity contribution is 5.79. The second-order valence-electron chi connectivity index (χ2n) is 8.06. The Balaban J connectivity index is 1.39. The van der Waals surface area contributed by atoms with E-state index in [4.69, 9.17) is 0 Å². The molecule has 0 radical (unpaired) electrons. The van der Waals surface area contributed by atoms with E-state index in [1.54, 1.807) is 4.90 Å². The SMILES string of the molecule is CC1NC(=O)CC12CCN(C1CC3CCC(C1)N3C(=O)O)CC2. The number of carbonyl (C=O) groups excluding carboxylic acids is 1. The minimum Gasteiger partial charge on any atom is -0.465 e. The van der Waals surface area contributed by atoms with E-state index in [0.717, 1.165) is 51.6 Å². The van der Waals surface area contributed by atoms with Crippen LogP contribution in [0, 0.1) is 5.41 Å². The van der Waals surface area contributed by atoms with Gasteiger partial charge in [-0.15, -0.1) is 0 Å².